The van der Waals surface area contributed by atoms with E-state index in [1.807, 2.05) is 6.08 Å². The fourth-order valence-corrected chi connectivity index (χ4v) is 4.16. The molecule has 0 radical (unpaired) electrons. The van der Waals surface area contributed by atoms with E-state index < -0.39 is 5.97 Å². The number of hydrogen-bond donors (Lipinski definition) is 1. The zero-order valence-corrected chi connectivity index (χ0v) is 26.8. The van der Waals surface area contributed by atoms with E-state index in [9.17, 15) is 9.59 Å². The number of hydrogen-bond acceptors (Lipinski definition) is 3. The van der Waals surface area contributed by atoms with Crippen molar-refractivity contribution in [2.45, 2.75) is 142 Å². The van der Waals surface area contributed by atoms with Crippen LogP contribution in [0.3, 0.4) is 0 Å². The highest BCUT2D eigenvalue weighted by molar-refractivity contribution is 5.69. The van der Waals surface area contributed by atoms with Gasteiger partial charge in [0.15, 0.2) is 0 Å². The van der Waals surface area contributed by atoms with Crippen molar-refractivity contribution in [2.24, 2.45) is 0 Å². The van der Waals surface area contributed by atoms with E-state index in [4.69, 9.17) is 9.84 Å². The molecule has 0 aliphatic rings. The van der Waals surface area contributed by atoms with Gasteiger partial charge in [0.1, 0.15) is 6.10 Å². The molecule has 0 saturated heterocycles. The summed E-state index contributed by atoms with van der Waals surface area (Å²) in [6.45, 7) is 4.32. The summed E-state index contributed by atoms with van der Waals surface area (Å²) >= 11 is 0. The molecule has 0 bridgehead atoms. The van der Waals surface area contributed by atoms with E-state index in [0.717, 1.165) is 103 Å². The fourth-order valence-electron chi connectivity index (χ4n) is 4.16. The van der Waals surface area contributed by atoms with Crippen LogP contribution < -0.4 is 0 Å². The van der Waals surface area contributed by atoms with E-state index in [-0.39, 0.29) is 18.5 Å². The van der Waals surface area contributed by atoms with Crippen molar-refractivity contribution in [3.05, 3.63) is 85.1 Å². The van der Waals surface area contributed by atoms with Crippen molar-refractivity contribution in [3.63, 3.8) is 0 Å². The van der Waals surface area contributed by atoms with Crippen molar-refractivity contribution < 1.29 is 19.4 Å². The molecule has 1 unspecified atom stereocenters. The van der Waals surface area contributed by atoms with Gasteiger partial charge in [-0.3, -0.25) is 9.59 Å². The summed E-state index contributed by atoms with van der Waals surface area (Å²) in [6.07, 6.45) is 47.5. The van der Waals surface area contributed by atoms with Gasteiger partial charge in [-0.15, -0.1) is 0 Å². The minimum Gasteiger partial charge on any atom is -0.481 e. The molecule has 1 N–H and O–H groups in total. The van der Waals surface area contributed by atoms with Crippen LogP contribution in [-0.4, -0.2) is 23.1 Å². The van der Waals surface area contributed by atoms with Crippen LogP contribution in [0.2, 0.25) is 0 Å². The molecule has 4 heteroatoms. The Hall–Kier alpha value is -2.88. The highest BCUT2D eigenvalue weighted by Gasteiger charge is 2.11. The van der Waals surface area contributed by atoms with Crippen LogP contribution in [0.1, 0.15) is 136 Å². The quantitative estimate of drug-likeness (QED) is 0.0568. The molecule has 0 rings (SSSR count). The van der Waals surface area contributed by atoms with E-state index >= 15 is 0 Å². The van der Waals surface area contributed by atoms with Gasteiger partial charge in [-0.2, -0.15) is 0 Å². The SMILES string of the molecule is CC/C=C\C/C=C\C/C=C\C/C=C\C/C=C\CCCCCC(=O)OC(/C=C\C/C=C\CCC)CCCCCCC(=O)O. The Morgan fingerprint density at radius 3 is 1.67 bits per heavy atom. The van der Waals surface area contributed by atoms with Gasteiger partial charge in [-0.25, -0.2) is 0 Å². The second-order valence-electron chi connectivity index (χ2n) is 10.6. The molecule has 0 saturated carbocycles. The largest absolute Gasteiger partial charge is 0.481 e. The molecule has 1 atom stereocenters. The number of esters is 1. The second kappa shape index (κ2) is 32.6. The number of unbranched alkanes of at least 4 members (excludes halogenated alkanes) is 7. The summed E-state index contributed by atoms with van der Waals surface area (Å²) in [5.41, 5.74) is 0. The van der Waals surface area contributed by atoms with Gasteiger partial charge < -0.3 is 9.84 Å². The average molecular weight is 581 g/mol. The number of carbonyl (C=O) groups is 2. The Morgan fingerprint density at radius 1 is 0.571 bits per heavy atom. The maximum Gasteiger partial charge on any atom is 0.306 e. The van der Waals surface area contributed by atoms with Crippen LogP contribution in [-0.2, 0) is 14.3 Å². The lowest BCUT2D eigenvalue weighted by Crippen LogP contribution is -2.16. The molecule has 0 aliphatic heterocycles. The molecule has 0 aromatic carbocycles. The molecule has 0 amide bonds. The van der Waals surface area contributed by atoms with Gasteiger partial charge in [-0.05, 0) is 89.5 Å². The van der Waals surface area contributed by atoms with Crippen LogP contribution >= 0.6 is 0 Å². The third kappa shape index (κ3) is 31.6. The van der Waals surface area contributed by atoms with Crippen LogP contribution in [0.25, 0.3) is 0 Å². The van der Waals surface area contributed by atoms with Crippen LogP contribution in [0.15, 0.2) is 85.1 Å². The molecule has 42 heavy (non-hydrogen) atoms. The second-order valence-corrected chi connectivity index (χ2v) is 10.6. The fraction of sp³-hybridized carbons (Fsp3) is 0.579. The number of carboxylic acids is 1. The average Bonchev–Trinajstić information content (AvgIpc) is 2.97. The van der Waals surface area contributed by atoms with Crippen molar-refractivity contribution in [1.82, 2.24) is 0 Å². The number of aliphatic carboxylic acids is 1. The molecule has 0 aromatic rings. The monoisotopic (exact) mass is 580 g/mol. The Bertz CT molecular complexity index is 841. The Morgan fingerprint density at radius 2 is 1.07 bits per heavy atom. The van der Waals surface area contributed by atoms with Crippen molar-refractivity contribution in [2.75, 3.05) is 0 Å². The molecular formula is C38H60O4. The maximum atomic E-state index is 12.5. The first kappa shape index (κ1) is 39.1. The Labute approximate surface area is 258 Å². The molecule has 0 fully saturated rings. The minimum atomic E-state index is -0.737. The highest BCUT2D eigenvalue weighted by atomic mass is 16.5. The van der Waals surface area contributed by atoms with Gasteiger partial charge in [0, 0.05) is 12.8 Å². The van der Waals surface area contributed by atoms with E-state index in [1.165, 1.54) is 0 Å². The number of carbonyl (C=O) groups excluding carboxylic acids is 1. The predicted octanol–water partition coefficient (Wildman–Crippen LogP) is 11.3. The van der Waals surface area contributed by atoms with Gasteiger partial charge in [0.05, 0.1) is 0 Å². The summed E-state index contributed by atoms with van der Waals surface area (Å²) in [5.74, 6) is -0.856. The standard InChI is InChI=1S/C38H60O4/c1-3-5-7-9-11-12-13-14-15-16-17-18-19-20-21-22-23-25-31-35-38(41)42-36(32-28-24-10-8-6-4-2)33-29-26-27-30-34-37(39)40/h5,7-8,10-12,14-15,17-18,20-21,28,32,36H,3-4,6,9,13,16,19,22-27,29-31,33-35H2,1-2H3,(H,39,40)/b7-5-,10-8-,12-11-,15-14-,18-17-,21-20-,32-28-. The minimum absolute atomic E-state index is 0.119. The number of carboxylic acid groups (broad SMARTS) is 1. The molecular weight excluding hydrogens is 520 g/mol. The van der Waals surface area contributed by atoms with E-state index in [1.54, 1.807) is 0 Å². The molecule has 236 valence electrons. The van der Waals surface area contributed by atoms with Gasteiger partial charge in [-0.1, -0.05) is 119 Å². The zero-order chi connectivity index (χ0) is 30.8. The molecule has 0 aromatic heterocycles. The van der Waals surface area contributed by atoms with Crippen molar-refractivity contribution >= 4 is 11.9 Å². The van der Waals surface area contributed by atoms with E-state index in [0.29, 0.717) is 12.8 Å². The highest BCUT2D eigenvalue weighted by Crippen LogP contribution is 2.14. The number of rotatable bonds is 28. The molecule has 0 heterocycles. The van der Waals surface area contributed by atoms with Gasteiger partial charge in [0.2, 0.25) is 0 Å². The Balaban J connectivity index is 4.07. The normalized spacial score (nSPS) is 13.4. The van der Waals surface area contributed by atoms with E-state index in [2.05, 4.69) is 92.8 Å². The Kier molecular flexibility index (Phi) is 30.4. The first-order valence-electron chi connectivity index (χ1n) is 16.6. The summed E-state index contributed by atoms with van der Waals surface area (Å²) in [7, 11) is 0. The number of allylic oxidation sites excluding steroid dienone is 13. The molecule has 4 nitrogen and oxygen atoms in total. The van der Waals surface area contributed by atoms with Gasteiger partial charge >= 0.3 is 11.9 Å². The van der Waals surface area contributed by atoms with Crippen LogP contribution in [0, 0.1) is 0 Å². The maximum absolute atomic E-state index is 12.5. The zero-order valence-electron chi connectivity index (χ0n) is 26.8. The first-order valence-corrected chi connectivity index (χ1v) is 16.6. The summed E-state index contributed by atoms with van der Waals surface area (Å²) in [5, 5.41) is 8.77. The predicted molar refractivity (Wildman–Crippen MR) is 181 cm³/mol. The summed E-state index contributed by atoms with van der Waals surface area (Å²) < 4.78 is 5.78. The van der Waals surface area contributed by atoms with Gasteiger partial charge in [0.25, 0.3) is 0 Å². The summed E-state index contributed by atoms with van der Waals surface area (Å²) in [4.78, 5) is 23.1. The molecule has 0 spiro atoms. The third-order valence-corrected chi connectivity index (χ3v) is 6.57. The first-order chi connectivity index (χ1) is 20.6. The van der Waals surface area contributed by atoms with Crippen molar-refractivity contribution in [3.8, 4) is 0 Å². The number of ether oxygens (including phenoxy) is 1. The van der Waals surface area contributed by atoms with Crippen LogP contribution in [0.4, 0.5) is 0 Å². The molecule has 0 aliphatic carbocycles. The van der Waals surface area contributed by atoms with Crippen LogP contribution in [0.5, 0.6) is 0 Å². The smallest absolute Gasteiger partial charge is 0.306 e. The lowest BCUT2D eigenvalue weighted by atomic mass is 10.1. The lowest BCUT2D eigenvalue weighted by molar-refractivity contribution is -0.147. The van der Waals surface area contributed by atoms with Crippen molar-refractivity contribution in [1.29, 1.82) is 0 Å². The third-order valence-electron chi connectivity index (χ3n) is 6.57. The topological polar surface area (TPSA) is 63.6 Å². The lowest BCUT2D eigenvalue weighted by Gasteiger charge is -2.14. The summed E-state index contributed by atoms with van der Waals surface area (Å²) in [6, 6.07) is 0.